The molecule has 4 nitrogen and oxygen atoms in total. The van der Waals surface area contributed by atoms with Crippen LogP contribution in [-0.4, -0.2) is 28.4 Å². The Morgan fingerprint density at radius 2 is 1.71 bits per heavy atom. The molecule has 1 amide bonds. The van der Waals surface area contributed by atoms with Gasteiger partial charge in [-0.25, -0.2) is 4.79 Å². The number of hydrogen-bond donors (Lipinski definition) is 1. The second-order valence-corrected chi connectivity index (χ2v) is 5.24. The molecule has 1 atom stereocenters. The molecule has 0 saturated carbocycles. The molecule has 0 aromatic heterocycles. The second kappa shape index (κ2) is 7.25. The standard InChI is InChI=1S/C17H25NO3/c1-5-12-18(13(4)19)17(7-3,16(20)21)15-10-8-14(6-2)9-11-15/h8-11H,5-7,12H2,1-4H3,(H,20,21). The van der Waals surface area contributed by atoms with Crippen molar-refractivity contribution in [2.24, 2.45) is 0 Å². The maximum Gasteiger partial charge on any atom is 0.334 e. The van der Waals surface area contributed by atoms with Gasteiger partial charge >= 0.3 is 5.97 Å². The summed E-state index contributed by atoms with van der Waals surface area (Å²) in [4.78, 5) is 25.5. The predicted octanol–water partition coefficient (Wildman–Crippen LogP) is 3.20. The van der Waals surface area contributed by atoms with Crippen molar-refractivity contribution < 1.29 is 14.7 Å². The van der Waals surface area contributed by atoms with E-state index in [2.05, 4.69) is 6.92 Å². The molecule has 116 valence electrons. The lowest BCUT2D eigenvalue weighted by atomic mass is 9.84. The molecule has 1 N–H and O–H groups in total. The molecule has 0 aliphatic carbocycles. The molecular formula is C17H25NO3. The summed E-state index contributed by atoms with van der Waals surface area (Å²) in [6.45, 7) is 7.68. The van der Waals surface area contributed by atoms with Gasteiger partial charge in [0.25, 0.3) is 0 Å². The van der Waals surface area contributed by atoms with E-state index in [1.807, 2.05) is 38.1 Å². The number of carboxylic acids is 1. The normalized spacial score (nSPS) is 13.5. The number of carbonyl (C=O) groups is 2. The molecule has 4 heteroatoms. The maximum atomic E-state index is 12.0. The van der Waals surface area contributed by atoms with Crippen LogP contribution in [0.1, 0.15) is 51.7 Å². The fourth-order valence-corrected chi connectivity index (χ4v) is 2.80. The molecule has 21 heavy (non-hydrogen) atoms. The van der Waals surface area contributed by atoms with Gasteiger partial charge in [-0.05, 0) is 30.4 Å². The van der Waals surface area contributed by atoms with Gasteiger partial charge < -0.3 is 10.0 Å². The average molecular weight is 291 g/mol. The molecule has 0 aliphatic heterocycles. The first kappa shape index (κ1) is 17.2. The third-order valence-electron chi connectivity index (χ3n) is 3.99. The van der Waals surface area contributed by atoms with Gasteiger partial charge in [0.05, 0.1) is 0 Å². The summed E-state index contributed by atoms with van der Waals surface area (Å²) in [5.74, 6) is -1.18. The number of carbonyl (C=O) groups excluding carboxylic acids is 1. The number of amides is 1. The van der Waals surface area contributed by atoms with Crippen LogP contribution in [0, 0.1) is 0 Å². The van der Waals surface area contributed by atoms with E-state index >= 15 is 0 Å². The van der Waals surface area contributed by atoms with Crippen molar-refractivity contribution >= 4 is 11.9 Å². The molecule has 1 aromatic rings. The Hall–Kier alpha value is -1.84. The zero-order chi connectivity index (χ0) is 16.0. The first-order valence-corrected chi connectivity index (χ1v) is 7.55. The van der Waals surface area contributed by atoms with Crippen LogP contribution in [0.4, 0.5) is 0 Å². The summed E-state index contributed by atoms with van der Waals surface area (Å²) in [7, 11) is 0. The molecule has 0 aliphatic rings. The lowest BCUT2D eigenvalue weighted by Gasteiger charge is -2.40. The zero-order valence-corrected chi connectivity index (χ0v) is 13.3. The smallest absolute Gasteiger partial charge is 0.334 e. The highest BCUT2D eigenvalue weighted by molar-refractivity contribution is 5.87. The topological polar surface area (TPSA) is 57.6 Å². The van der Waals surface area contributed by atoms with Crippen LogP contribution in [0.2, 0.25) is 0 Å². The molecule has 1 rings (SSSR count). The second-order valence-electron chi connectivity index (χ2n) is 5.24. The van der Waals surface area contributed by atoms with E-state index in [4.69, 9.17) is 0 Å². The Balaban J connectivity index is 3.42. The Morgan fingerprint density at radius 1 is 1.14 bits per heavy atom. The molecule has 1 aromatic carbocycles. The minimum atomic E-state index is -1.28. The van der Waals surface area contributed by atoms with Crippen molar-refractivity contribution in [3.05, 3.63) is 35.4 Å². The highest BCUT2D eigenvalue weighted by Crippen LogP contribution is 2.33. The van der Waals surface area contributed by atoms with Crippen molar-refractivity contribution in [1.29, 1.82) is 0 Å². The number of aliphatic carboxylic acids is 1. The van der Waals surface area contributed by atoms with E-state index in [0.717, 1.165) is 18.4 Å². The first-order chi connectivity index (χ1) is 9.93. The van der Waals surface area contributed by atoms with Crippen LogP contribution in [0.5, 0.6) is 0 Å². The number of benzene rings is 1. The number of rotatable bonds is 7. The van der Waals surface area contributed by atoms with Gasteiger partial charge in [-0.2, -0.15) is 0 Å². The molecular weight excluding hydrogens is 266 g/mol. The minimum Gasteiger partial charge on any atom is -0.479 e. The van der Waals surface area contributed by atoms with Gasteiger partial charge in [-0.1, -0.05) is 45.0 Å². The molecule has 0 radical (unpaired) electrons. The summed E-state index contributed by atoms with van der Waals surface area (Å²) >= 11 is 0. The van der Waals surface area contributed by atoms with E-state index in [0.29, 0.717) is 18.5 Å². The lowest BCUT2D eigenvalue weighted by molar-refractivity contribution is -0.160. The molecule has 0 fully saturated rings. The summed E-state index contributed by atoms with van der Waals surface area (Å²) < 4.78 is 0. The molecule has 1 unspecified atom stereocenters. The van der Waals surface area contributed by atoms with Gasteiger partial charge in [0.2, 0.25) is 5.91 Å². The molecule has 0 spiro atoms. The number of nitrogens with zero attached hydrogens (tertiary/aromatic N) is 1. The monoisotopic (exact) mass is 291 g/mol. The largest absolute Gasteiger partial charge is 0.479 e. The van der Waals surface area contributed by atoms with Gasteiger partial charge in [0.1, 0.15) is 0 Å². The Bertz CT molecular complexity index is 495. The van der Waals surface area contributed by atoms with Crippen molar-refractivity contribution in [2.75, 3.05) is 6.54 Å². The highest BCUT2D eigenvalue weighted by Gasteiger charge is 2.45. The van der Waals surface area contributed by atoms with Crippen LogP contribution >= 0.6 is 0 Å². The minimum absolute atomic E-state index is 0.208. The highest BCUT2D eigenvalue weighted by atomic mass is 16.4. The van der Waals surface area contributed by atoms with Gasteiger partial charge in [0, 0.05) is 13.5 Å². The zero-order valence-electron chi connectivity index (χ0n) is 13.3. The molecule has 0 saturated heterocycles. The summed E-state index contributed by atoms with van der Waals surface area (Å²) in [5.41, 5.74) is 0.533. The van der Waals surface area contributed by atoms with Crippen LogP contribution in [-0.2, 0) is 21.5 Å². The van der Waals surface area contributed by atoms with Gasteiger partial charge in [0.15, 0.2) is 5.54 Å². The van der Waals surface area contributed by atoms with Crippen LogP contribution in [0.3, 0.4) is 0 Å². The van der Waals surface area contributed by atoms with E-state index in [1.54, 1.807) is 0 Å². The van der Waals surface area contributed by atoms with Crippen molar-refractivity contribution in [3.63, 3.8) is 0 Å². The van der Waals surface area contributed by atoms with Crippen molar-refractivity contribution in [3.8, 4) is 0 Å². The van der Waals surface area contributed by atoms with Crippen LogP contribution in [0.15, 0.2) is 24.3 Å². The number of carboxylic acid groups (broad SMARTS) is 1. The quantitative estimate of drug-likeness (QED) is 0.839. The lowest BCUT2D eigenvalue weighted by Crippen LogP contribution is -2.54. The van der Waals surface area contributed by atoms with E-state index < -0.39 is 11.5 Å². The predicted molar refractivity (Wildman–Crippen MR) is 83.1 cm³/mol. The van der Waals surface area contributed by atoms with Crippen LogP contribution < -0.4 is 0 Å². The third kappa shape index (κ3) is 3.26. The van der Waals surface area contributed by atoms with E-state index in [1.165, 1.54) is 11.8 Å². The van der Waals surface area contributed by atoms with Crippen molar-refractivity contribution in [1.82, 2.24) is 4.90 Å². The van der Waals surface area contributed by atoms with E-state index in [-0.39, 0.29) is 5.91 Å². The Morgan fingerprint density at radius 3 is 2.05 bits per heavy atom. The maximum absolute atomic E-state index is 12.0. The first-order valence-electron chi connectivity index (χ1n) is 7.55. The Kier molecular flexibility index (Phi) is 5.94. The van der Waals surface area contributed by atoms with Gasteiger partial charge in [-0.3, -0.25) is 4.79 Å². The summed E-state index contributed by atoms with van der Waals surface area (Å²) in [5, 5.41) is 9.86. The van der Waals surface area contributed by atoms with E-state index in [9.17, 15) is 14.7 Å². The number of hydrogen-bond acceptors (Lipinski definition) is 2. The molecule has 0 heterocycles. The SMILES string of the molecule is CCCN(C(C)=O)C(CC)(C(=O)O)c1ccc(CC)cc1. The Labute approximate surface area is 126 Å². The third-order valence-corrected chi connectivity index (χ3v) is 3.99. The van der Waals surface area contributed by atoms with Gasteiger partial charge in [-0.15, -0.1) is 0 Å². The molecule has 0 bridgehead atoms. The average Bonchev–Trinajstić information content (AvgIpc) is 2.47. The number of aryl methyl sites for hydroxylation is 1. The van der Waals surface area contributed by atoms with Crippen molar-refractivity contribution in [2.45, 2.75) is 52.5 Å². The fraction of sp³-hybridized carbons (Fsp3) is 0.529. The summed E-state index contributed by atoms with van der Waals surface area (Å²) in [6, 6.07) is 7.55. The summed E-state index contributed by atoms with van der Waals surface area (Å²) in [6.07, 6.45) is 1.97. The van der Waals surface area contributed by atoms with Crippen LogP contribution in [0.25, 0.3) is 0 Å². The fourth-order valence-electron chi connectivity index (χ4n) is 2.80.